The molecule has 2 amide bonds. The van der Waals surface area contributed by atoms with Crippen molar-refractivity contribution in [2.45, 2.75) is 38.8 Å². The number of hydrogen-bond donors (Lipinski definition) is 1. The molecule has 0 saturated heterocycles. The van der Waals surface area contributed by atoms with E-state index in [4.69, 9.17) is 4.74 Å². The molecule has 1 N–H and O–H groups in total. The molecule has 0 unspecified atom stereocenters. The molecule has 0 spiro atoms. The second-order valence-corrected chi connectivity index (χ2v) is 11.3. The molecule has 0 heterocycles. The Labute approximate surface area is 231 Å². The van der Waals surface area contributed by atoms with E-state index in [2.05, 4.69) is 5.32 Å². The number of methoxy groups -OCH3 is 1. The first kappa shape index (κ1) is 29.7. The molecule has 0 aliphatic carbocycles. The van der Waals surface area contributed by atoms with Crippen LogP contribution in [-0.2, 0) is 32.6 Å². The second-order valence-electron chi connectivity index (χ2n) is 9.40. The van der Waals surface area contributed by atoms with Crippen molar-refractivity contribution in [3.63, 3.8) is 0 Å². The SMILES string of the molecule is CNC(=O)[C@@H](Cc1ccccc1)N(Cc1ccccc1C)C(=O)CCCN(c1ccc(OC)cc1)S(C)(=O)=O. The van der Waals surface area contributed by atoms with Gasteiger partial charge in [0.25, 0.3) is 0 Å². The van der Waals surface area contributed by atoms with Crippen LogP contribution < -0.4 is 14.4 Å². The lowest BCUT2D eigenvalue weighted by Crippen LogP contribution is -2.50. The summed E-state index contributed by atoms with van der Waals surface area (Å²) < 4.78 is 31.6. The van der Waals surface area contributed by atoms with Crippen LogP contribution in [0.25, 0.3) is 0 Å². The number of carbonyl (C=O) groups excluding carboxylic acids is 2. The van der Waals surface area contributed by atoms with E-state index in [1.54, 1.807) is 43.3 Å². The molecule has 3 rings (SSSR count). The fourth-order valence-corrected chi connectivity index (χ4v) is 5.41. The molecule has 0 aliphatic heterocycles. The van der Waals surface area contributed by atoms with Crippen molar-refractivity contribution in [1.29, 1.82) is 0 Å². The second kappa shape index (κ2) is 13.8. The van der Waals surface area contributed by atoms with Crippen LogP contribution in [0, 0.1) is 6.92 Å². The van der Waals surface area contributed by atoms with Crippen LogP contribution in [0.5, 0.6) is 5.75 Å². The van der Waals surface area contributed by atoms with Crippen molar-refractivity contribution in [2.75, 3.05) is 31.3 Å². The third-order valence-electron chi connectivity index (χ3n) is 6.63. The van der Waals surface area contributed by atoms with Crippen LogP contribution in [0.2, 0.25) is 0 Å². The van der Waals surface area contributed by atoms with E-state index >= 15 is 0 Å². The number of benzene rings is 3. The fourth-order valence-electron chi connectivity index (χ4n) is 4.44. The predicted molar refractivity (Wildman–Crippen MR) is 154 cm³/mol. The first-order chi connectivity index (χ1) is 18.6. The van der Waals surface area contributed by atoms with Crippen LogP contribution in [0.1, 0.15) is 29.5 Å². The molecule has 0 bridgehead atoms. The monoisotopic (exact) mass is 551 g/mol. The van der Waals surface area contributed by atoms with E-state index < -0.39 is 16.1 Å². The van der Waals surface area contributed by atoms with Gasteiger partial charge in [-0.1, -0.05) is 54.6 Å². The minimum Gasteiger partial charge on any atom is -0.497 e. The number of likely N-dealkylation sites (N-methyl/N-ethyl adjacent to an activating group) is 1. The number of aryl methyl sites for hydroxylation is 1. The molecule has 3 aromatic carbocycles. The summed E-state index contributed by atoms with van der Waals surface area (Å²) in [6.45, 7) is 2.37. The number of nitrogens with zero attached hydrogens (tertiary/aromatic N) is 2. The van der Waals surface area contributed by atoms with Crippen molar-refractivity contribution >= 4 is 27.5 Å². The standard InChI is InChI=1S/C30H37N3O5S/c1-23-11-8-9-14-25(23)22-32(28(30(35)31-2)21-24-12-6-5-7-13-24)29(34)15-10-20-33(39(4,36)37)26-16-18-27(38-3)19-17-26/h5-9,11-14,16-19,28H,10,15,20-22H2,1-4H3,(H,31,35)/t28-/m1/s1. The van der Waals surface area contributed by atoms with E-state index in [-0.39, 0.29) is 37.7 Å². The van der Waals surface area contributed by atoms with Gasteiger partial charge in [0, 0.05) is 33.0 Å². The number of ether oxygens (including phenoxy) is 1. The molecule has 1 atom stereocenters. The van der Waals surface area contributed by atoms with Gasteiger partial charge in [0.05, 0.1) is 19.1 Å². The van der Waals surface area contributed by atoms with Crippen LogP contribution in [0.3, 0.4) is 0 Å². The molecule has 3 aromatic rings. The topological polar surface area (TPSA) is 96.0 Å². The predicted octanol–water partition coefficient (Wildman–Crippen LogP) is 3.94. The Bertz CT molecular complexity index is 1340. The third-order valence-corrected chi connectivity index (χ3v) is 7.83. The largest absolute Gasteiger partial charge is 0.497 e. The molecule has 0 fully saturated rings. The first-order valence-electron chi connectivity index (χ1n) is 12.8. The van der Waals surface area contributed by atoms with Crippen molar-refractivity contribution < 1.29 is 22.7 Å². The summed E-state index contributed by atoms with van der Waals surface area (Å²) in [6.07, 6.45) is 1.87. The molecule has 0 radical (unpaired) electrons. The van der Waals surface area contributed by atoms with Crippen LogP contribution in [-0.4, -0.2) is 58.1 Å². The molecule has 0 saturated carbocycles. The van der Waals surface area contributed by atoms with E-state index in [0.29, 0.717) is 17.9 Å². The number of nitrogens with one attached hydrogen (secondary N) is 1. The lowest BCUT2D eigenvalue weighted by Gasteiger charge is -2.32. The summed E-state index contributed by atoms with van der Waals surface area (Å²) >= 11 is 0. The Morgan fingerprint density at radius 3 is 2.18 bits per heavy atom. The zero-order valence-electron chi connectivity index (χ0n) is 23.0. The maximum atomic E-state index is 13.7. The van der Waals surface area contributed by atoms with Gasteiger partial charge in [-0.3, -0.25) is 13.9 Å². The number of sulfonamides is 1. The molecule has 8 nitrogen and oxygen atoms in total. The van der Waals surface area contributed by atoms with Crippen molar-refractivity contribution in [3.8, 4) is 5.75 Å². The van der Waals surface area contributed by atoms with E-state index in [1.165, 1.54) is 4.31 Å². The fraction of sp³-hybridized carbons (Fsp3) is 0.333. The van der Waals surface area contributed by atoms with Crippen molar-refractivity contribution in [1.82, 2.24) is 10.2 Å². The van der Waals surface area contributed by atoms with Crippen LogP contribution in [0.4, 0.5) is 5.69 Å². The maximum Gasteiger partial charge on any atom is 0.242 e. The molecule has 39 heavy (non-hydrogen) atoms. The molecular weight excluding hydrogens is 514 g/mol. The number of amides is 2. The van der Waals surface area contributed by atoms with Gasteiger partial charge in [0.1, 0.15) is 11.8 Å². The number of carbonyl (C=O) groups is 2. The van der Waals surface area contributed by atoms with Gasteiger partial charge in [-0.05, 0) is 54.3 Å². The molecule has 0 aromatic heterocycles. The minimum atomic E-state index is -3.58. The van der Waals surface area contributed by atoms with Gasteiger partial charge in [-0.15, -0.1) is 0 Å². The minimum absolute atomic E-state index is 0.0797. The summed E-state index contributed by atoms with van der Waals surface area (Å²) in [6, 6.07) is 23.4. The summed E-state index contributed by atoms with van der Waals surface area (Å²) in [5.41, 5.74) is 3.41. The van der Waals surface area contributed by atoms with E-state index in [0.717, 1.165) is 22.9 Å². The summed E-state index contributed by atoms with van der Waals surface area (Å²) in [7, 11) is -0.473. The Morgan fingerprint density at radius 2 is 1.59 bits per heavy atom. The van der Waals surface area contributed by atoms with E-state index in [9.17, 15) is 18.0 Å². The van der Waals surface area contributed by atoms with Gasteiger partial charge in [-0.25, -0.2) is 8.42 Å². The summed E-state index contributed by atoms with van der Waals surface area (Å²) in [4.78, 5) is 28.4. The molecule has 9 heteroatoms. The van der Waals surface area contributed by atoms with Crippen LogP contribution >= 0.6 is 0 Å². The Kier molecular flexibility index (Phi) is 10.5. The first-order valence-corrected chi connectivity index (χ1v) is 14.7. The molecular formula is C30H37N3O5S. The van der Waals surface area contributed by atoms with Gasteiger partial charge >= 0.3 is 0 Å². The highest BCUT2D eigenvalue weighted by molar-refractivity contribution is 7.92. The number of anilines is 1. The highest BCUT2D eigenvalue weighted by Crippen LogP contribution is 2.23. The maximum absolute atomic E-state index is 13.7. The van der Waals surface area contributed by atoms with Gasteiger partial charge < -0.3 is 15.0 Å². The van der Waals surface area contributed by atoms with E-state index in [1.807, 2.05) is 61.5 Å². The van der Waals surface area contributed by atoms with Gasteiger partial charge in [-0.2, -0.15) is 0 Å². The number of hydrogen-bond acceptors (Lipinski definition) is 5. The lowest BCUT2D eigenvalue weighted by atomic mass is 10.0. The molecule has 208 valence electrons. The van der Waals surface area contributed by atoms with Crippen molar-refractivity contribution in [2.24, 2.45) is 0 Å². The zero-order chi connectivity index (χ0) is 28.4. The highest BCUT2D eigenvalue weighted by atomic mass is 32.2. The third kappa shape index (κ3) is 8.32. The zero-order valence-corrected chi connectivity index (χ0v) is 23.8. The molecule has 0 aliphatic rings. The normalized spacial score (nSPS) is 11.9. The quantitative estimate of drug-likeness (QED) is 0.347. The highest BCUT2D eigenvalue weighted by Gasteiger charge is 2.30. The lowest BCUT2D eigenvalue weighted by molar-refractivity contribution is -0.141. The van der Waals surface area contributed by atoms with Crippen molar-refractivity contribution in [3.05, 3.63) is 95.6 Å². The van der Waals surface area contributed by atoms with Crippen LogP contribution in [0.15, 0.2) is 78.9 Å². The average Bonchev–Trinajstić information content (AvgIpc) is 2.93. The van der Waals surface area contributed by atoms with Gasteiger partial charge in [0.2, 0.25) is 21.8 Å². The smallest absolute Gasteiger partial charge is 0.242 e. The Morgan fingerprint density at radius 1 is 0.949 bits per heavy atom. The summed E-state index contributed by atoms with van der Waals surface area (Å²) in [5, 5.41) is 2.72. The average molecular weight is 552 g/mol. The van der Waals surface area contributed by atoms with Gasteiger partial charge in [0.15, 0.2) is 0 Å². The Balaban J connectivity index is 1.84. The Hall–Kier alpha value is -3.85. The summed E-state index contributed by atoms with van der Waals surface area (Å²) in [5.74, 6) is 0.149. The number of rotatable bonds is 13.